The van der Waals surface area contributed by atoms with E-state index >= 15 is 0 Å². The van der Waals surface area contributed by atoms with Gasteiger partial charge in [0, 0.05) is 16.7 Å². The van der Waals surface area contributed by atoms with Crippen LogP contribution in [0.5, 0.6) is 0 Å². The Hall–Kier alpha value is -2.99. The molecule has 2 aromatic heterocycles. The minimum Gasteiger partial charge on any atom is -0.348 e. The van der Waals surface area contributed by atoms with E-state index in [9.17, 15) is 4.79 Å². The van der Waals surface area contributed by atoms with E-state index in [2.05, 4.69) is 40.3 Å². The summed E-state index contributed by atoms with van der Waals surface area (Å²) in [6.07, 6.45) is 0.985. The highest BCUT2D eigenvalue weighted by Gasteiger charge is 2.19. The van der Waals surface area contributed by atoms with Crippen molar-refractivity contribution in [3.05, 3.63) is 87.1 Å². The van der Waals surface area contributed by atoms with Gasteiger partial charge in [0.1, 0.15) is 0 Å². The first-order valence-corrected chi connectivity index (χ1v) is 10.7. The smallest absolute Gasteiger partial charge is 0.252 e. The molecule has 0 fully saturated rings. The fourth-order valence-electron chi connectivity index (χ4n) is 3.57. The molecule has 30 heavy (non-hydrogen) atoms. The highest BCUT2D eigenvalue weighted by Crippen LogP contribution is 2.25. The summed E-state index contributed by atoms with van der Waals surface area (Å²) in [5, 5.41) is 8.51. The Labute approximate surface area is 184 Å². The Morgan fingerprint density at radius 2 is 1.83 bits per heavy atom. The van der Waals surface area contributed by atoms with Crippen molar-refractivity contribution in [2.24, 2.45) is 0 Å². The van der Waals surface area contributed by atoms with Gasteiger partial charge in [0.25, 0.3) is 5.91 Å². The van der Waals surface area contributed by atoms with Crippen LogP contribution in [0, 0.1) is 13.8 Å². The summed E-state index contributed by atoms with van der Waals surface area (Å²) in [6.45, 7) is 6.40. The Kier molecular flexibility index (Phi) is 5.68. The van der Waals surface area contributed by atoms with E-state index in [4.69, 9.17) is 10.1 Å². The highest BCUT2D eigenvalue weighted by atomic mass is 79.9. The molecule has 0 unspecified atom stereocenters. The Balaban J connectivity index is 1.71. The molecule has 1 amide bonds. The van der Waals surface area contributed by atoms with E-state index in [1.165, 1.54) is 5.56 Å². The van der Waals surface area contributed by atoms with Crippen LogP contribution in [0.2, 0.25) is 0 Å². The molecule has 0 aliphatic heterocycles. The van der Waals surface area contributed by atoms with Crippen LogP contribution in [-0.4, -0.2) is 20.7 Å². The van der Waals surface area contributed by atoms with Gasteiger partial charge < -0.3 is 5.32 Å². The van der Waals surface area contributed by atoms with Crippen LogP contribution >= 0.6 is 15.9 Å². The third kappa shape index (κ3) is 4.00. The Bertz CT molecular complexity index is 1230. The fraction of sp³-hybridized carbons (Fsp3) is 0.208. The molecule has 152 valence electrons. The summed E-state index contributed by atoms with van der Waals surface area (Å²) >= 11 is 3.47. The number of amides is 1. The molecule has 2 aromatic carbocycles. The number of aromatic nitrogens is 3. The summed E-state index contributed by atoms with van der Waals surface area (Å²) in [4.78, 5) is 17.8. The van der Waals surface area contributed by atoms with E-state index in [0.717, 1.165) is 38.9 Å². The van der Waals surface area contributed by atoms with E-state index in [1.54, 1.807) is 0 Å². The van der Waals surface area contributed by atoms with Crippen LogP contribution in [0.1, 0.15) is 39.8 Å². The zero-order valence-corrected chi connectivity index (χ0v) is 18.8. The van der Waals surface area contributed by atoms with Crippen LogP contribution in [0.4, 0.5) is 0 Å². The minimum absolute atomic E-state index is 0.130. The molecule has 4 rings (SSSR count). The van der Waals surface area contributed by atoms with E-state index in [-0.39, 0.29) is 5.91 Å². The fourth-order valence-corrected chi connectivity index (χ4v) is 4.02. The van der Waals surface area contributed by atoms with Crippen LogP contribution in [0.3, 0.4) is 0 Å². The van der Waals surface area contributed by atoms with Gasteiger partial charge in [-0.25, -0.2) is 9.67 Å². The number of hydrogen-bond donors (Lipinski definition) is 1. The van der Waals surface area contributed by atoms with Gasteiger partial charge >= 0.3 is 0 Å². The minimum atomic E-state index is -0.130. The molecule has 0 bridgehead atoms. The predicted octanol–water partition coefficient (Wildman–Crippen LogP) is 5.29. The van der Waals surface area contributed by atoms with Crippen molar-refractivity contribution in [2.45, 2.75) is 33.7 Å². The average molecular weight is 463 g/mol. The summed E-state index contributed by atoms with van der Waals surface area (Å²) in [5.41, 5.74) is 6.09. The number of carbonyl (C=O) groups excluding carboxylic acids is 1. The summed E-state index contributed by atoms with van der Waals surface area (Å²) in [5.74, 6) is -0.130. The predicted molar refractivity (Wildman–Crippen MR) is 123 cm³/mol. The van der Waals surface area contributed by atoms with Crippen molar-refractivity contribution < 1.29 is 4.79 Å². The molecule has 0 saturated heterocycles. The quantitative estimate of drug-likeness (QED) is 0.438. The lowest BCUT2D eigenvalue weighted by atomic mass is 10.1. The van der Waals surface area contributed by atoms with E-state index in [1.807, 2.05) is 61.0 Å². The first-order chi connectivity index (χ1) is 14.5. The molecule has 4 aromatic rings. The summed E-state index contributed by atoms with van der Waals surface area (Å²) < 4.78 is 2.81. The van der Waals surface area contributed by atoms with Crippen molar-refractivity contribution in [3.63, 3.8) is 0 Å². The van der Waals surface area contributed by atoms with E-state index < -0.39 is 0 Å². The number of nitrogens with one attached hydrogen (secondary N) is 1. The van der Waals surface area contributed by atoms with Gasteiger partial charge in [0.05, 0.1) is 22.3 Å². The summed E-state index contributed by atoms with van der Waals surface area (Å²) in [6, 6.07) is 18.0. The average Bonchev–Trinajstić information content (AvgIpc) is 3.07. The maximum Gasteiger partial charge on any atom is 0.252 e. The molecule has 0 saturated carbocycles. The number of rotatable bonds is 5. The lowest BCUT2D eigenvalue weighted by Gasteiger charge is -2.09. The first-order valence-electron chi connectivity index (χ1n) is 9.95. The SMILES string of the molecule is CCc1ccc(-n2nc(C)c3c(C(=O)NCc4cccc(Br)c4)cc(C)nc32)cc1. The molecule has 1 N–H and O–H groups in total. The zero-order chi connectivity index (χ0) is 21.3. The van der Waals surface area contributed by atoms with Crippen molar-refractivity contribution in [3.8, 4) is 5.69 Å². The normalized spacial score (nSPS) is 11.1. The second-order valence-electron chi connectivity index (χ2n) is 7.34. The number of halogens is 1. The number of pyridine rings is 1. The van der Waals surface area contributed by atoms with Crippen molar-refractivity contribution in [1.82, 2.24) is 20.1 Å². The Morgan fingerprint density at radius 1 is 1.07 bits per heavy atom. The number of nitrogens with zero attached hydrogens (tertiary/aromatic N) is 3. The molecule has 0 spiro atoms. The van der Waals surface area contributed by atoms with Gasteiger partial charge in [0.15, 0.2) is 5.65 Å². The van der Waals surface area contributed by atoms with Crippen LogP contribution in [0.25, 0.3) is 16.7 Å². The summed E-state index contributed by atoms with van der Waals surface area (Å²) in [7, 11) is 0. The third-order valence-corrected chi connectivity index (χ3v) is 5.61. The monoisotopic (exact) mass is 462 g/mol. The van der Waals surface area contributed by atoms with Gasteiger partial charge in [-0.3, -0.25) is 4.79 Å². The van der Waals surface area contributed by atoms with Gasteiger partial charge in [-0.1, -0.05) is 47.1 Å². The number of hydrogen-bond acceptors (Lipinski definition) is 3. The number of benzene rings is 2. The number of aryl methyl sites for hydroxylation is 3. The van der Waals surface area contributed by atoms with Gasteiger partial charge in [-0.15, -0.1) is 0 Å². The van der Waals surface area contributed by atoms with Crippen LogP contribution in [0.15, 0.2) is 59.1 Å². The molecule has 0 aliphatic rings. The molecule has 0 atom stereocenters. The highest BCUT2D eigenvalue weighted by molar-refractivity contribution is 9.10. The Morgan fingerprint density at radius 3 is 2.53 bits per heavy atom. The topological polar surface area (TPSA) is 59.8 Å². The molecule has 6 heteroatoms. The largest absolute Gasteiger partial charge is 0.348 e. The van der Waals surface area contributed by atoms with Crippen molar-refractivity contribution in [2.75, 3.05) is 0 Å². The zero-order valence-electron chi connectivity index (χ0n) is 17.2. The third-order valence-electron chi connectivity index (χ3n) is 5.12. The number of carbonyl (C=O) groups is 1. The van der Waals surface area contributed by atoms with E-state index in [0.29, 0.717) is 17.8 Å². The molecule has 2 heterocycles. The lowest BCUT2D eigenvalue weighted by Crippen LogP contribution is -2.23. The van der Waals surface area contributed by atoms with Crippen molar-refractivity contribution >= 4 is 32.9 Å². The maximum absolute atomic E-state index is 13.1. The second-order valence-corrected chi connectivity index (χ2v) is 8.26. The second kappa shape index (κ2) is 8.40. The van der Waals surface area contributed by atoms with Crippen LogP contribution in [-0.2, 0) is 13.0 Å². The number of fused-ring (bicyclic) bond motifs is 1. The first kappa shape index (κ1) is 20.3. The standard InChI is InChI=1S/C24H23BrN4O/c1-4-17-8-10-20(11-9-17)29-23-22(16(3)28-29)21(12-15(2)27-23)24(30)26-14-18-6-5-7-19(25)13-18/h5-13H,4,14H2,1-3H3,(H,26,30). The molecular formula is C24H23BrN4O. The molecule has 0 aliphatic carbocycles. The van der Waals surface area contributed by atoms with Gasteiger partial charge in [0.2, 0.25) is 0 Å². The molecule has 5 nitrogen and oxygen atoms in total. The van der Waals surface area contributed by atoms with Gasteiger partial charge in [-0.2, -0.15) is 5.10 Å². The van der Waals surface area contributed by atoms with Crippen LogP contribution < -0.4 is 5.32 Å². The lowest BCUT2D eigenvalue weighted by molar-refractivity contribution is 0.0952. The van der Waals surface area contributed by atoms with Crippen molar-refractivity contribution in [1.29, 1.82) is 0 Å². The van der Waals surface area contributed by atoms with Gasteiger partial charge in [-0.05, 0) is 61.7 Å². The maximum atomic E-state index is 13.1. The molecular weight excluding hydrogens is 440 g/mol. The molecule has 0 radical (unpaired) electrons.